The van der Waals surface area contributed by atoms with Crippen molar-refractivity contribution in [1.29, 1.82) is 0 Å². The highest BCUT2D eigenvalue weighted by atomic mass is 32.2. The van der Waals surface area contributed by atoms with E-state index in [4.69, 9.17) is 4.74 Å². The molecule has 0 radical (unpaired) electrons. The standard InChI is InChI=1S/C24H27F6N5O5S/c25-23(26,27)22(37,24(28,29)30)15-9-31-21(32-10-15)34-7-6-33(41(38,39)18-4-2-1-3-5-18)11-17(34)12-35-16-8-20(36)19(35)14-40-13-16/h1-5,9-10,16-17,19-20,36-37H,6-8,11-14H2/t16?,17-,19?,20?/m1/s1. The highest BCUT2D eigenvalue weighted by molar-refractivity contribution is 7.89. The predicted octanol–water partition coefficient (Wildman–Crippen LogP) is 1.50. The van der Waals surface area contributed by atoms with Crippen LogP contribution < -0.4 is 4.90 Å². The van der Waals surface area contributed by atoms with Crippen LogP contribution in [0.4, 0.5) is 32.3 Å². The minimum absolute atomic E-state index is 0.0267. The average molecular weight is 612 g/mol. The number of hydrogen-bond acceptors (Lipinski definition) is 9. The van der Waals surface area contributed by atoms with Crippen LogP contribution in [0.5, 0.6) is 0 Å². The molecule has 5 rings (SSSR count). The number of anilines is 1. The van der Waals surface area contributed by atoms with Crippen molar-refractivity contribution in [3.05, 3.63) is 48.3 Å². The Morgan fingerprint density at radius 2 is 1.61 bits per heavy atom. The minimum Gasteiger partial charge on any atom is -0.391 e. The summed E-state index contributed by atoms with van der Waals surface area (Å²) in [5.74, 6) is -0.233. The number of nitrogens with zero attached hydrogens (tertiary/aromatic N) is 5. The highest BCUT2D eigenvalue weighted by Crippen LogP contribution is 2.49. The molecule has 0 spiro atoms. The van der Waals surface area contributed by atoms with Crippen LogP contribution in [-0.4, -0.2) is 114 Å². The van der Waals surface area contributed by atoms with Gasteiger partial charge in [0.15, 0.2) is 0 Å². The molecule has 0 saturated carbocycles. The van der Waals surface area contributed by atoms with Crippen molar-refractivity contribution >= 4 is 16.0 Å². The maximum atomic E-state index is 13.4. The zero-order chi connectivity index (χ0) is 29.8. The SMILES string of the molecule is O=S(=O)(c1ccccc1)N1CCN(c2ncc(C(O)(C(F)(F)F)C(F)(F)F)cn2)[C@@H](CN2C3COCC2C(O)C3)C1. The van der Waals surface area contributed by atoms with Gasteiger partial charge in [0, 0.05) is 50.2 Å². The Balaban J connectivity index is 1.46. The first kappa shape index (κ1) is 29.9. The number of rotatable bonds is 6. The van der Waals surface area contributed by atoms with Gasteiger partial charge in [-0.15, -0.1) is 0 Å². The fraction of sp³-hybridized carbons (Fsp3) is 0.583. The number of aromatic nitrogens is 2. The van der Waals surface area contributed by atoms with Crippen LogP contribution in [0.2, 0.25) is 0 Å². The van der Waals surface area contributed by atoms with Gasteiger partial charge >= 0.3 is 12.4 Å². The summed E-state index contributed by atoms with van der Waals surface area (Å²) in [7, 11) is -3.93. The molecule has 3 fully saturated rings. The molecule has 4 heterocycles. The first-order valence-corrected chi connectivity index (χ1v) is 14.1. The second kappa shape index (κ2) is 10.6. The van der Waals surface area contributed by atoms with Crippen molar-refractivity contribution in [3.63, 3.8) is 0 Å². The van der Waals surface area contributed by atoms with Gasteiger partial charge < -0.3 is 19.8 Å². The number of aliphatic hydroxyl groups excluding tert-OH is 1. The number of aliphatic hydroxyl groups is 2. The van der Waals surface area contributed by atoms with Crippen LogP contribution in [0.1, 0.15) is 12.0 Å². The van der Waals surface area contributed by atoms with Gasteiger partial charge in [0.1, 0.15) is 0 Å². The molecule has 3 unspecified atom stereocenters. The molecule has 10 nitrogen and oxygen atoms in total. The third-order valence-corrected chi connectivity index (χ3v) is 9.71. The molecule has 226 valence electrons. The molecular formula is C24H27F6N5O5S. The molecule has 1 aromatic heterocycles. The second-order valence-corrected chi connectivity index (χ2v) is 12.2. The number of piperazine rings is 1. The Morgan fingerprint density at radius 3 is 2.20 bits per heavy atom. The molecule has 2 bridgehead atoms. The van der Waals surface area contributed by atoms with Crippen LogP contribution in [0.25, 0.3) is 0 Å². The fourth-order valence-corrected chi connectivity index (χ4v) is 7.13. The second-order valence-electron chi connectivity index (χ2n) is 10.3. The van der Waals surface area contributed by atoms with Crippen molar-refractivity contribution in [2.24, 2.45) is 0 Å². The van der Waals surface area contributed by atoms with Crippen LogP contribution in [0, 0.1) is 0 Å². The van der Waals surface area contributed by atoms with E-state index in [1.165, 1.54) is 21.3 Å². The maximum Gasteiger partial charge on any atom is 0.430 e. The number of fused-ring (bicyclic) bond motifs is 2. The number of sulfonamides is 1. The van der Waals surface area contributed by atoms with E-state index in [1.54, 1.807) is 18.2 Å². The van der Waals surface area contributed by atoms with Gasteiger partial charge in [-0.2, -0.15) is 30.6 Å². The van der Waals surface area contributed by atoms with Crippen molar-refractivity contribution in [2.45, 2.75) is 53.5 Å². The Bertz CT molecular complexity index is 1320. The van der Waals surface area contributed by atoms with Crippen LogP contribution in [-0.2, 0) is 20.4 Å². The van der Waals surface area contributed by atoms with E-state index in [9.17, 15) is 45.0 Å². The topological polar surface area (TPSA) is 119 Å². The Kier molecular flexibility index (Phi) is 7.74. The zero-order valence-electron chi connectivity index (χ0n) is 21.3. The van der Waals surface area contributed by atoms with E-state index in [0.717, 1.165) is 0 Å². The van der Waals surface area contributed by atoms with Crippen molar-refractivity contribution in [1.82, 2.24) is 19.2 Å². The van der Waals surface area contributed by atoms with E-state index in [1.807, 2.05) is 4.90 Å². The smallest absolute Gasteiger partial charge is 0.391 e. The quantitative estimate of drug-likeness (QED) is 0.469. The average Bonchev–Trinajstić information content (AvgIpc) is 3.08. The Hall–Kier alpha value is -2.57. The summed E-state index contributed by atoms with van der Waals surface area (Å²) in [6.07, 6.45) is -11.9. The number of benzene rings is 1. The Labute approximate surface area is 231 Å². The molecule has 3 aliphatic heterocycles. The summed E-state index contributed by atoms with van der Waals surface area (Å²) >= 11 is 0. The third-order valence-electron chi connectivity index (χ3n) is 7.83. The van der Waals surface area contributed by atoms with Crippen LogP contribution in [0.15, 0.2) is 47.6 Å². The van der Waals surface area contributed by atoms with Crippen molar-refractivity contribution < 1.29 is 49.7 Å². The summed E-state index contributed by atoms with van der Waals surface area (Å²) < 4.78 is 114. The van der Waals surface area contributed by atoms with Crippen molar-refractivity contribution in [2.75, 3.05) is 44.3 Å². The number of hydrogen-bond donors (Lipinski definition) is 2. The van der Waals surface area contributed by atoms with Crippen LogP contribution in [0.3, 0.4) is 0 Å². The molecule has 17 heteroatoms. The molecule has 3 aliphatic rings. The summed E-state index contributed by atoms with van der Waals surface area (Å²) in [5, 5.41) is 20.2. The fourth-order valence-electron chi connectivity index (χ4n) is 5.64. The number of alkyl halides is 6. The van der Waals surface area contributed by atoms with Gasteiger partial charge in [0.2, 0.25) is 16.0 Å². The normalized spacial score (nSPS) is 26.9. The van der Waals surface area contributed by atoms with E-state index in [-0.39, 0.29) is 68.1 Å². The lowest BCUT2D eigenvalue weighted by molar-refractivity contribution is -0.376. The molecule has 2 aromatic rings. The lowest BCUT2D eigenvalue weighted by atomic mass is 9.95. The predicted molar refractivity (Wildman–Crippen MR) is 130 cm³/mol. The third kappa shape index (κ3) is 5.27. The molecule has 1 aromatic carbocycles. The summed E-state index contributed by atoms with van der Waals surface area (Å²) in [6.45, 7) is 0.592. The molecule has 4 atom stereocenters. The number of halogens is 6. The van der Waals surface area contributed by atoms with E-state index in [0.29, 0.717) is 13.0 Å². The lowest BCUT2D eigenvalue weighted by Crippen LogP contribution is -2.61. The van der Waals surface area contributed by atoms with E-state index in [2.05, 4.69) is 9.97 Å². The molecule has 2 N–H and O–H groups in total. The Morgan fingerprint density at radius 1 is 0.976 bits per heavy atom. The minimum atomic E-state index is -6.09. The number of morpholine rings is 1. The zero-order valence-corrected chi connectivity index (χ0v) is 22.1. The van der Waals surface area contributed by atoms with E-state index >= 15 is 0 Å². The van der Waals surface area contributed by atoms with Gasteiger partial charge in [-0.25, -0.2) is 18.4 Å². The molecule has 0 amide bonds. The maximum absolute atomic E-state index is 13.4. The first-order valence-electron chi connectivity index (χ1n) is 12.7. The molecular weight excluding hydrogens is 584 g/mol. The molecule has 0 aliphatic carbocycles. The summed E-state index contributed by atoms with van der Waals surface area (Å²) in [5.41, 5.74) is -6.78. The lowest BCUT2D eigenvalue weighted by Gasteiger charge is -2.45. The summed E-state index contributed by atoms with van der Waals surface area (Å²) in [4.78, 5) is 11.1. The number of ether oxygens (including phenoxy) is 1. The van der Waals surface area contributed by atoms with Crippen LogP contribution >= 0.6 is 0 Å². The molecule has 41 heavy (non-hydrogen) atoms. The van der Waals surface area contributed by atoms with E-state index < -0.39 is 45.7 Å². The van der Waals surface area contributed by atoms with Gasteiger partial charge in [0.25, 0.3) is 5.60 Å². The first-order chi connectivity index (χ1) is 19.1. The largest absolute Gasteiger partial charge is 0.430 e. The molecule has 3 saturated heterocycles. The van der Waals surface area contributed by atoms with Crippen molar-refractivity contribution in [3.8, 4) is 0 Å². The van der Waals surface area contributed by atoms with Gasteiger partial charge in [-0.05, 0) is 18.6 Å². The van der Waals surface area contributed by atoms with Gasteiger partial charge in [0.05, 0.1) is 36.3 Å². The summed E-state index contributed by atoms with van der Waals surface area (Å²) in [6, 6.07) is 6.48. The highest BCUT2D eigenvalue weighted by Gasteiger charge is 2.71. The van der Waals surface area contributed by atoms with Gasteiger partial charge in [-0.1, -0.05) is 18.2 Å². The van der Waals surface area contributed by atoms with Gasteiger partial charge in [-0.3, -0.25) is 4.90 Å². The monoisotopic (exact) mass is 611 g/mol.